The van der Waals surface area contributed by atoms with Crippen LogP contribution in [0.5, 0.6) is 0 Å². The molecule has 1 unspecified atom stereocenters. The molecule has 0 aromatic rings. The van der Waals surface area contributed by atoms with Gasteiger partial charge in [-0.05, 0) is 26.7 Å². The maximum atomic E-state index is 12.1. The van der Waals surface area contributed by atoms with Crippen molar-refractivity contribution in [2.24, 2.45) is 16.3 Å². The van der Waals surface area contributed by atoms with Crippen LogP contribution in [0.15, 0.2) is 5.16 Å². The summed E-state index contributed by atoms with van der Waals surface area (Å²) in [6, 6.07) is 0.174. The number of carbonyl (C=O) groups is 1. The largest absolute Gasteiger partial charge is 0.409 e. The average molecular weight is 257 g/mol. The van der Waals surface area contributed by atoms with Crippen molar-refractivity contribution >= 4 is 11.7 Å². The molecule has 0 heterocycles. The van der Waals surface area contributed by atoms with Crippen LogP contribution in [0.1, 0.15) is 59.8 Å². The van der Waals surface area contributed by atoms with E-state index in [1.54, 1.807) is 13.8 Å². The van der Waals surface area contributed by atoms with E-state index in [-0.39, 0.29) is 17.8 Å². The molecule has 5 nitrogen and oxygen atoms in total. The van der Waals surface area contributed by atoms with Crippen molar-refractivity contribution in [3.05, 3.63) is 0 Å². The fourth-order valence-electron chi connectivity index (χ4n) is 1.69. The van der Waals surface area contributed by atoms with Gasteiger partial charge in [0.05, 0.1) is 0 Å². The Kier molecular flexibility index (Phi) is 7.39. The van der Waals surface area contributed by atoms with E-state index in [9.17, 15) is 4.79 Å². The molecule has 0 saturated carbocycles. The van der Waals surface area contributed by atoms with Crippen LogP contribution in [0.4, 0.5) is 0 Å². The molecule has 1 atom stereocenters. The van der Waals surface area contributed by atoms with Crippen molar-refractivity contribution in [1.29, 1.82) is 0 Å². The van der Waals surface area contributed by atoms with Crippen LogP contribution >= 0.6 is 0 Å². The quantitative estimate of drug-likeness (QED) is 0.270. The number of nitrogens with one attached hydrogen (secondary N) is 1. The highest BCUT2D eigenvalue weighted by Crippen LogP contribution is 2.17. The number of unbranched alkanes of at least 4 members (excludes halogenated alkanes) is 1. The zero-order chi connectivity index (χ0) is 14.2. The Balaban J connectivity index is 4.57. The summed E-state index contributed by atoms with van der Waals surface area (Å²) >= 11 is 0. The minimum absolute atomic E-state index is 0.0641. The normalized spacial score (nSPS) is 14.3. The zero-order valence-electron chi connectivity index (χ0n) is 12.0. The molecule has 1 amide bonds. The minimum Gasteiger partial charge on any atom is -0.409 e. The van der Waals surface area contributed by atoms with Gasteiger partial charge in [0.2, 0.25) is 5.91 Å². The van der Waals surface area contributed by atoms with Crippen LogP contribution in [0.25, 0.3) is 0 Å². The van der Waals surface area contributed by atoms with E-state index in [1.807, 2.05) is 0 Å². The van der Waals surface area contributed by atoms with Crippen molar-refractivity contribution in [2.75, 3.05) is 0 Å². The fraction of sp³-hybridized carbons (Fsp3) is 0.846. The van der Waals surface area contributed by atoms with Crippen molar-refractivity contribution in [1.82, 2.24) is 5.32 Å². The van der Waals surface area contributed by atoms with Gasteiger partial charge in [-0.2, -0.15) is 0 Å². The Hall–Kier alpha value is -1.26. The van der Waals surface area contributed by atoms with E-state index >= 15 is 0 Å². The van der Waals surface area contributed by atoms with Crippen LogP contribution < -0.4 is 11.1 Å². The SMILES string of the molecule is CCCCC(CCC)NC(=O)C(C)(C)C(N)=NO. The summed E-state index contributed by atoms with van der Waals surface area (Å²) in [6.45, 7) is 7.53. The molecule has 0 aliphatic carbocycles. The van der Waals surface area contributed by atoms with Crippen molar-refractivity contribution in [3.8, 4) is 0 Å². The molecule has 0 spiro atoms. The Labute approximate surface area is 110 Å². The molecule has 106 valence electrons. The molecule has 0 aliphatic rings. The number of carbonyl (C=O) groups excluding carboxylic acids is 1. The van der Waals surface area contributed by atoms with Crippen molar-refractivity contribution in [2.45, 2.75) is 65.8 Å². The maximum absolute atomic E-state index is 12.1. The summed E-state index contributed by atoms with van der Waals surface area (Å²) in [5.74, 6) is -0.252. The monoisotopic (exact) mass is 257 g/mol. The highest BCUT2D eigenvalue weighted by molar-refractivity contribution is 6.05. The highest BCUT2D eigenvalue weighted by atomic mass is 16.4. The predicted octanol–water partition coefficient (Wildman–Crippen LogP) is 2.23. The molecule has 0 bridgehead atoms. The van der Waals surface area contributed by atoms with Gasteiger partial charge in [-0.1, -0.05) is 38.3 Å². The number of rotatable bonds is 8. The van der Waals surface area contributed by atoms with Crippen LogP contribution in [0.3, 0.4) is 0 Å². The van der Waals surface area contributed by atoms with E-state index < -0.39 is 5.41 Å². The van der Waals surface area contributed by atoms with E-state index in [4.69, 9.17) is 10.9 Å². The predicted molar refractivity (Wildman–Crippen MR) is 73.6 cm³/mol. The van der Waals surface area contributed by atoms with Gasteiger partial charge in [-0.25, -0.2) is 0 Å². The number of amides is 1. The van der Waals surface area contributed by atoms with Gasteiger partial charge in [0, 0.05) is 6.04 Å². The Bertz CT molecular complexity index is 288. The molecular weight excluding hydrogens is 230 g/mol. The third kappa shape index (κ3) is 4.94. The van der Waals surface area contributed by atoms with Crippen LogP contribution in [0, 0.1) is 5.41 Å². The summed E-state index contributed by atoms with van der Waals surface area (Å²) in [5, 5.41) is 14.6. The Morgan fingerprint density at radius 2 is 1.94 bits per heavy atom. The maximum Gasteiger partial charge on any atom is 0.233 e. The number of amidine groups is 1. The van der Waals surface area contributed by atoms with E-state index in [0.29, 0.717) is 0 Å². The first-order valence-electron chi connectivity index (χ1n) is 6.69. The molecule has 0 radical (unpaired) electrons. The average Bonchev–Trinajstić information content (AvgIpc) is 2.34. The lowest BCUT2D eigenvalue weighted by atomic mass is 9.90. The summed E-state index contributed by atoms with van der Waals surface area (Å²) < 4.78 is 0. The van der Waals surface area contributed by atoms with Gasteiger partial charge in [0.25, 0.3) is 0 Å². The molecule has 0 saturated heterocycles. The minimum atomic E-state index is -0.979. The van der Waals surface area contributed by atoms with Crippen LogP contribution in [0.2, 0.25) is 0 Å². The Morgan fingerprint density at radius 1 is 1.33 bits per heavy atom. The number of hydrogen-bond acceptors (Lipinski definition) is 3. The van der Waals surface area contributed by atoms with Crippen LogP contribution in [-0.4, -0.2) is 23.0 Å². The van der Waals surface area contributed by atoms with Crippen LogP contribution in [-0.2, 0) is 4.79 Å². The summed E-state index contributed by atoms with van der Waals surface area (Å²) in [7, 11) is 0. The molecule has 5 heteroatoms. The lowest BCUT2D eigenvalue weighted by molar-refractivity contribution is -0.127. The first-order valence-corrected chi connectivity index (χ1v) is 6.69. The second-order valence-corrected chi connectivity index (χ2v) is 5.21. The Morgan fingerprint density at radius 3 is 2.39 bits per heavy atom. The van der Waals surface area contributed by atoms with Gasteiger partial charge in [0.15, 0.2) is 5.84 Å². The fourth-order valence-corrected chi connectivity index (χ4v) is 1.69. The second kappa shape index (κ2) is 7.95. The number of oxime groups is 1. The topological polar surface area (TPSA) is 87.7 Å². The first kappa shape index (κ1) is 16.7. The lowest BCUT2D eigenvalue weighted by Gasteiger charge is -2.26. The second-order valence-electron chi connectivity index (χ2n) is 5.21. The van der Waals surface area contributed by atoms with Gasteiger partial charge in [0.1, 0.15) is 5.41 Å². The number of nitrogens with zero attached hydrogens (tertiary/aromatic N) is 1. The van der Waals surface area contributed by atoms with Gasteiger partial charge in [-0.15, -0.1) is 0 Å². The highest BCUT2D eigenvalue weighted by Gasteiger charge is 2.33. The molecule has 0 rings (SSSR count). The lowest BCUT2D eigenvalue weighted by Crippen LogP contribution is -2.49. The van der Waals surface area contributed by atoms with E-state index in [2.05, 4.69) is 24.3 Å². The zero-order valence-corrected chi connectivity index (χ0v) is 12.0. The molecule has 18 heavy (non-hydrogen) atoms. The molecule has 0 fully saturated rings. The third-order valence-corrected chi connectivity index (χ3v) is 3.19. The summed E-state index contributed by atoms with van der Waals surface area (Å²) in [4.78, 5) is 12.1. The smallest absolute Gasteiger partial charge is 0.233 e. The molecular formula is C13H27N3O2. The number of hydrogen-bond donors (Lipinski definition) is 3. The summed E-state index contributed by atoms with van der Waals surface area (Å²) in [6.07, 6.45) is 5.16. The van der Waals surface area contributed by atoms with Gasteiger partial charge < -0.3 is 16.3 Å². The van der Waals surface area contributed by atoms with Gasteiger partial charge >= 0.3 is 0 Å². The molecule has 0 aromatic carbocycles. The van der Waals surface area contributed by atoms with Gasteiger partial charge in [-0.3, -0.25) is 4.79 Å². The standard InChI is InChI=1S/C13H27N3O2/c1-5-7-9-10(8-6-2)15-12(17)13(3,4)11(14)16-18/h10,18H,5-9H2,1-4H3,(H2,14,16)(H,15,17). The molecule has 4 N–H and O–H groups in total. The first-order chi connectivity index (χ1) is 8.39. The van der Waals surface area contributed by atoms with Crippen molar-refractivity contribution in [3.63, 3.8) is 0 Å². The molecule has 0 aliphatic heterocycles. The van der Waals surface area contributed by atoms with E-state index in [0.717, 1.165) is 32.1 Å². The summed E-state index contributed by atoms with van der Waals surface area (Å²) in [5.41, 5.74) is 4.56. The van der Waals surface area contributed by atoms with Crippen molar-refractivity contribution < 1.29 is 10.0 Å². The molecule has 0 aromatic heterocycles. The number of nitrogens with two attached hydrogens (primary N) is 1. The van der Waals surface area contributed by atoms with E-state index in [1.165, 1.54) is 0 Å². The third-order valence-electron chi connectivity index (χ3n) is 3.19.